The van der Waals surface area contributed by atoms with Crippen LogP contribution in [0.25, 0.3) is 10.1 Å². The molecule has 1 aliphatic rings. The molecule has 0 fully saturated rings. The summed E-state index contributed by atoms with van der Waals surface area (Å²) in [5.41, 5.74) is 0.858. The molecule has 0 bridgehead atoms. The summed E-state index contributed by atoms with van der Waals surface area (Å²) in [5.74, 6) is -1.58. The summed E-state index contributed by atoms with van der Waals surface area (Å²) in [6.07, 6.45) is 4.26. The van der Waals surface area contributed by atoms with Crippen LogP contribution < -0.4 is 0 Å². The fourth-order valence-electron chi connectivity index (χ4n) is 2.93. The van der Waals surface area contributed by atoms with Gasteiger partial charge < -0.3 is 10.2 Å². The molecule has 3 unspecified atom stereocenters. The topological polar surface area (TPSA) is 57.5 Å². The lowest BCUT2D eigenvalue weighted by Crippen LogP contribution is -2.29. The van der Waals surface area contributed by atoms with E-state index in [1.54, 1.807) is 11.3 Å². The highest BCUT2D eigenvalue weighted by Crippen LogP contribution is 2.40. The van der Waals surface area contributed by atoms with E-state index in [0.717, 1.165) is 15.6 Å². The van der Waals surface area contributed by atoms with E-state index in [2.05, 4.69) is 0 Å². The largest absolute Gasteiger partial charge is 0.481 e. The molecule has 4 heteroatoms. The molecule has 0 saturated carbocycles. The predicted molar refractivity (Wildman–Crippen MR) is 79.8 cm³/mol. The lowest BCUT2D eigenvalue weighted by molar-refractivity contribution is -0.145. The number of hydrogen-bond donors (Lipinski definition) is 2. The van der Waals surface area contributed by atoms with Gasteiger partial charge in [-0.2, -0.15) is 0 Å². The third-order valence-corrected chi connectivity index (χ3v) is 5.02. The van der Waals surface area contributed by atoms with Crippen molar-refractivity contribution in [1.29, 1.82) is 0 Å². The number of allylic oxidation sites excluding steroid dienone is 2. The monoisotopic (exact) mass is 288 g/mol. The Hall–Kier alpha value is -1.65. The quantitative estimate of drug-likeness (QED) is 0.848. The number of aliphatic carboxylic acids is 1. The third kappa shape index (κ3) is 2.25. The molecule has 0 radical (unpaired) electrons. The van der Waals surface area contributed by atoms with Crippen LogP contribution in [-0.2, 0) is 4.79 Å². The SMILES string of the molecule is O=C(O)C1CC=CCC1C(O)c1csc2ccccc12. The van der Waals surface area contributed by atoms with Crippen molar-refractivity contribution in [1.82, 2.24) is 0 Å². The minimum absolute atomic E-state index is 0.254. The molecule has 1 aliphatic carbocycles. The Labute approximate surface area is 121 Å². The highest BCUT2D eigenvalue weighted by Gasteiger charge is 2.35. The molecule has 0 aliphatic heterocycles. The number of aliphatic hydroxyl groups excluding tert-OH is 1. The first-order valence-corrected chi connectivity index (χ1v) is 7.58. The van der Waals surface area contributed by atoms with Gasteiger partial charge in [-0.25, -0.2) is 0 Å². The van der Waals surface area contributed by atoms with Gasteiger partial charge in [0.05, 0.1) is 12.0 Å². The van der Waals surface area contributed by atoms with Crippen molar-refractivity contribution < 1.29 is 15.0 Å². The summed E-state index contributed by atoms with van der Waals surface area (Å²) >= 11 is 1.59. The second-order valence-electron chi connectivity index (χ2n) is 5.18. The van der Waals surface area contributed by atoms with Crippen molar-refractivity contribution >= 4 is 27.4 Å². The van der Waals surface area contributed by atoms with E-state index in [0.29, 0.717) is 12.8 Å². The Morgan fingerprint density at radius 1 is 1.25 bits per heavy atom. The molecule has 2 N–H and O–H groups in total. The van der Waals surface area contributed by atoms with Crippen LogP contribution in [0, 0.1) is 11.8 Å². The molecule has 20 heavy (non-hydrogen) atoms. The van der Waals surface area contributed by atoms with Gasteiger partial charge in [0.2, 0.25) is 0 Å². The summed E-state index contributed by atoms with van der Waals surface area (Å²) in [6, 6.07) is 7.92. The Morgan fingerprint density at radius 2 is 2.00 bits per heavy atom. The minimum Gasteiger partial charge on any atom is -0.481 e. The molecular formula is C16H16O3S. The van der Waals surface area contributed by atoms with Gasteiger partial charge in [-0.15, -0.1) is 11.3 Å². The zero-order valence-electron chi connectivity index (χ0n) is 10.9. The Balaban J connectivity index is 1.97. The van der Waals surface area contributed by atoms with Gasteiger partial charge in [-0.05, 0) is 35.2 Å². The fraction of sp³-hybridized carbons (Fsp3) is 0.312. The van der Waals surface area contributed by atoms with Crippen molar-refractivity contribution in [2.75, 3.05) is 0 Å². The van der Waals surface area contributed by atoms with E-state index in [-0.39, 0.29) is 5.92 Å². The maximum absolute atomic E-state index is 11.4. The summed E-state index contributed by atoms with van der Waals surface area (Å²) in [5, 5.41) is 23.0. The average molecular weight is 288 g/mol. The van der Waals surface area contributed by atoms with Gasteiger partial charge >= 0.3 is 5.97 Å². The molecule has 1 aromatic carbocycles. The van der Waals surface area contributed by atoms with Crippen molar-refractivity contribution in [2.45, 2.75) is 18.9 Å². The molecular weight excluding hydrogens is 272 g/mol. The van der Waals surface area contributed by atoms with Gasteiger partial charge in [0.25, 0.3) is 0 Å². The molecule has 1 aromatic heterocycles. The summed E-state index contributed by atoms with van der Waals surface area (Å²) in [7, 11) is 0. The van der Waals surface area contributed by atoms with Crippen molar-refractivity contribution in [2.24, 2.45) is 11.8 Å². The molecule has 3 atom stereocenters. The molecule has 2 aromatic rings. The minimum atomic E-state index is -0.821. The Kier molecular flexibility index (Phi) is 3.59. The Morgan fingerprint density at radius 3 is 2.80 bits per heavy atom. The fourth-order valence-corrected chi connectivity index (χ4v) is 3.92. The van der Waals surface area contributed by atoms with Crippen LogP contribution in [0.4, 0.5) is 0 Å². The molecule has 3 nitrogen and oxygen atoms in total. The summed E-state index contributed by atoms with van der Waals surface area (Å²) in [4.78, 5) is 11.4. The molecule has 1 heterocycles. The average Bonchev–Trinajstić information content (AvgIpc) is 2.90. The first kappa shape index (κ1) is 13.3. The van der Waals surface area contributed by atoms with Crippen molar-refractivity contribution in [3.05, 3.63) is 47.4 Å². The number of benzene rings is 1. The number of fused-ring (bicyclic) bond motifs is 1. The zero-order chi connectivity index (χ0) is 14.1. The van der Waals surface area contributed by atoms with E-state index >= 15 is 0 Å². The van der Waals surface area contributed by atoms with Crippen LogP contribution in [0.1, 0.15) is 24.5 Å². The van der Waals surface area contributed by atoms with Gasteiger partial charge in [0, 0.05) is 10.6 Å². The van der Waals surface area contributed by atoms with Crippen LogP contribution in [0.2, 0.25) is 0 Å². The number of aliphatic hydroxyl groups is 1. The zero-order valence-corrected chi connectivity index (χ0v) is 11.7. The molecule has 3 rings (SSSR count). The van der Waals surface area contributed by atoms with Gasteiger partial charge in [0.15, 0.2) is 0 Å². The lowest BCUT2D eigenvalue weighted by Gasteiger charge is -2.29. The second-order valence-corrected chi connectivity index (χ2v) is 6.09. The highest BCUT2D eigenvalue weighted by atomic mass is 32.1. The molecule has 0 saturated heterocycles. The maximum Gasteiger partial charge on any atom is 0.307 e. The van der Waals surface area contributed by atoms with Gasteiger partial charge in [-0.1, -0.05) is 30.4 Å². The number of carboxylic acid groups (broad SMARTS) is 1. The number of carboxylic acids is 1. The number of carbonyl (C=O) groups is 1. The first-order chi connectivity index (χ1) is 9.68. The van der Waals surface area contributed by atoms with E-state index in [1.807, 2.05) is 41.8 Å². The standard InChI is InChI=1S/C16H16O3S/c17-15(11-6-1-2-7-12(11)16(18)19)13-9-20-14-8-4-3-5-10(13)14/h1-5,8-9,11-12,15,17H,6-7H2,(H,18,19). The van der Waals surface area contributed by atoms with E-state index in [1.165, 1.54) is 0 Å². The summed E-state index contributed by atoms with van der Waals surface area (Å²) < 4.78 is 1.12. The molecule has 0 spiro atoms. The highest BCUT2D eigenvalue weighted by molar-refractivity contribution is 7.17. The summed E-state index contributed by atoms with van der Waals surface area (Å²) in [6.45, 7) is 0. The smallest absolute Gasteiger partial charge is 0.307 e. The van der Waals surface area contributed by atoms with Crippen LogP contribution in [-0.4, -0.2) is 16.2 Å². The van der Waals surface area contributed by atoms with Crippen molar-refractivity contribution in [3.8, 4) is 0 Å². The lowest BCUT2D eigenvalue weighted by atomic mass is 9.77. The third-order valence-electron chi connectivity index (χ3n) is 4.03. The number of rotatable bonds is 3. The molecule has 104 valence electrons. The van der Waals surface area contributed by atoms with E-state index < -0.39 is 18.0 Å². The predicted octanol–water partition coefficient (Wildman–Crippen LogP) is 3.60. The molecule has 0 amide bonds. The Bertz CT molecular complexity index is 659. The van der Waals surface area contributed by atoms with E-state index in [9.17, 15) is 15.0 Å². The first-order valence-electron chi connectivity index (χ1n) is 6.70. The maximum atomic E-state index is 11.4. The van der Waals surface area contributed by atoms with Crippen molar-refractivity contribution in [3.63, 3.8) is 0 Å². The van der Waals surface area contributed by atoms with Crippen LogP contribution >= 0.6 is 11.3 Å². The van der Waals surface area contributed by atoms with Gasteiger partial charge in [-0.3, -0.25) is 4.79 Å². The number of thiophene rings is 1. The van der Waals surface area contributed by atoms with Gasteiger partial charge in [0.1, 0.15) is 0 Å². The van der Waals surface area contributed by atoms with Crippen LogP contribution in [0.5, 0.6) is 0 Å². The van der Waals surface area contributed by atoms with Crippen LogP contribution in [0.15, 0.2) is 41.8 Å². The normalized spacial score (nSPS) is 23.9. The van der Waals surface area contributed by atoms with Crippen LogP contribution in [0.3, 0.4) is 0 Å². The van der Waals surface area contributed by atoms with E-state index in [4.69, 9.17) is 0 Å². The number of hydrogen-bond acceptors (Lipinski definition) is 3. The second kappa shape index (κ2) is 5.38.